The van der Waals surface area contributed by atoms with Crippen molar-refractivity contribution in [3.63, 3.8) is 0 Å². The average molecular weight is 445 g/mol. The second-order valence-corrected chi connectivity index (χ2v) is 7.66. The van der Waals surface area contributed by atoms with Gasteiger partial charge in [-0.1, -0.05) is 44.2 Å². The quantitative estimate of drug-likeness (QED) is 0.451. The SMILES string of the molecule is CC(C)Cn1c(N/N=C/C(Br)=C\c2ccccc2)nc2c1c(=O)[nH]c(=O)n2C. The topological polar surface area (TPSA) is 97.1 Å². The number of hydrogen-bond donors (Lipinski definition) is 2. The van der Waals surface area contributed by atoms with Crippen LogP contribution in [0.25, 0.3) is 17.2 Å². The number of aryl methyl sites for hydroxylation is 1. The van der Waals surface area contributed by atoms with Crippen molar-refractivity contribution in [3.05, 3.63) is 61.2 Å². The summed E-state index contributed by atoms with van der Waals surface area (Å²) in [5.41, 5.74) is 3.60. The Morgan fingerprint density at radius 3 is 2.71 bits per heavy atom. The average Bonchev–Trinajstić information content (AvgIpc) is 2.99. The number of aromatic nitrogens is 4. The van der Waals surface area contributed by atoms with Gasteiger partial charge in [-0.2, -0.15) is 10.1 Å². The van der Waals surface area contributed by atoms with Crippen LogP contribution in [0, 0.1) is 5.92 Å². The number of hydrazone groups is 1. The van der Waals surface area contributed by atoms with Gasteiger partial charge in [0, 0.05) is 18.1 Å². The van der Waals surface area contributed by atoms with Crippen molar-refractivity contribution >= 4 is 45.3 Å². The fourth-order valence-electron chi connectivity index (χ4n) is 2.76. The highest BCUT2D eigenvalue weighted by molar-refractivity contribution is 9.12. The van der Waals surface area contributed by atoms with Gasteiger partial charge >= 0.3 is 5.69 Å². The predicted molar refractivity (Wildman–Crippen MR) is 116 cm³/mol. The number of nitrogens with one attached hydrogen (secondary N) is 2. The van der Waals surface area contributed by atoms with Crippen LogP contribution in [0.3, 0.4) is 0 Å². The molecule has 146 valence electrons. The molecule has 2 aromatic heterocycles. The lowest BCUT2D eigenvalue weighted by atomic mass is 10.2. The Bertz CT molecular complexity index is 1150. The van der Waals surface area contributed by atoms with Gasteiger partial charge in [0.25, 0.3) is 5.56 Å². The van der Waals surface area contributed by atoms with Crippen molar-refractivity contribution in [3.8, 4) is 0 Å². The third-order valence-corrected chi connectivity index (χ3v) is 4.45. The van der Waals surface area contributed by atoms with Crippen molar-refractivity contribution in [2.24, 2.45) is 18.1 Å². The first-order valence-corrected chi connectivity index (χ1v) is 9.57. The highest BCUT2D eigenvalue weighted by Crippen LogP contribution is 2.17. The molecule has 0 aliphatic carbocycles. The van der Waals surface area contributed by atoms with Gasteiger partial charge in [0.1, 0.15) is 0 Å². The van der Waals surface area contributed by atoms with Gasteiger partial charge < -0.3 is 4.57 Å². The molecule has 0 radical (unpaired) electrons. The summed E-state index contributed by atoms with van der Waals surface area (Å²) in [6, 6.07) is 9.83. The summed E-state index contributed by atoms with van der Waals surface area (Å²) in [6.07, 6.45) is 3.53. The molecular weight excluding hydrogens is 424 g/mol. The second kappa shape index (κ2) is 8.39. The van der Waals surface area contributed by atoms with Crippen molar-refractivity contribution in [1.29, 1.82) is 0 Å². The van der Waals surface area contributed by atoms with Crippen LogP contribution in [0.1, 0.15) is 19.4 Å². The number of anilines is 1. The van der Waals surface area contributed by atoms with E-state index in [0.717, 1.165) is 10.0 Å². The summed E-state index contributed by atoms with van der Waals surface area (Å²) in [7, 11) is 1.57. The largest absolute Gasteiger partial charge is 0.329 e. The van der Waals surface area contributed by atoms with E-state index < -0.39 is 11.2 Å². The molecule has 8 nitrogen and oxygen atoms in total. The molecule has 0 bridgehead atoms. The number of hydrogen-bond acceptors (Lipinski definition) is 5. The van der Waals surface area contributed by atoms with E-state index in [1.54, 1.807) is 17.8 Å². The predicted octanol–water partition coefficient (Wildman–Crippen LogP) is 2.91. The van der Waals surface area contributed by atoms with Gasteiger partial charge in [0.05, 0.1) is 6.21 Å². The Kier molecular flexibility index (Phi) is 5.93. The zero-order valence-corrected chi connectivity index (χ0v) is 17.4. The molecule has 0 saturated carbocycles. The van der Waals surface area contributed by atoms with Crippen LogP contribution in [0.2, 0.25) is 0 Å². The number of allylic oxidation sites excluding steroid dienone is 1. The monoisotopic (exact) mass is 444 g/mol. The smallest absolute Gasteiger partial charge is 0.303 e. The maximum atomic E-state index is 12.3. The van der Waals surface area contributed by atoms with Crippen LogP contribution in [-0.2, 0) is 13.6 Å². The summed E-state index contributed by atoms with van der Waals surface area (Å²) in [6.45, 7) is 4.62. The van der Waals surface area contributed by atoms with Crippen LogP contribution >= 0.6 is 15.9 Å². The molecule has 0 atom stereocenters. The summed E-state index contributed by atoms with van der Waals surface area (Å²) >= 11 is 3.46. The lowest BCUT2D eigenvalue weighted by Gasteiger charge is -2.10. The maximum absolute atomic E-state index is 12.3. The fraction of sp³-hybridized carbons (Fsp3) is 0.263. The zero-order valence-electron chi connectivity index (χ0n) is 15.8. The molecule has 0 saturated heterocycles. The molecule has 0 spiro atoms. The number of benzene rings is 1. The lowest BCUT2D eigenvalue weighted by Crippen LogP contribution is -2.29. The van der Waals surface area contributed by atoms with E-state index in [0.29, 0.717) is 23.7 Å². The summed E-state index contributed by atoms with van der Waals surface area (Å²) in [5.74, 6) is 0.662. The van der Waals surface area contributed by atoms with Crippen LogP contribution in [0.15, 0.2) is 49.5 Å². The minimum Gasteiger partial charge on any atom is -0.303 e. The molecular formula is C19H21BrN6O2. The van der Waals surface area contributed by atoms with Crippen LogP contribution in [0.5, 0.6) is 0 Å². The number of H-pyrrole nitrogens is 1. The Labute approximate surface area is 169 Å². The van der Waals surface area contributed by atoms with Crippen molar-refractivity contribution in [1.82, 2.24) is 19.1 Å². The number of halogens is 1. The lowest BCUT2D eigenvalue weighted by molar-refractivity contribution is 0.535. The molecule has 0 aliphatic heterocycles. The van der Waals surface area contributed by atoms with Gasteiger partial charge in [-0.25, -0.2) is 10.2 Å². The summed E-state index contributed by atoms with van der Waals surface area (Å²) in [5, 5.41) is 4.21. The zero-order chi connectivity index (χ0) is 20.3. The second-order valence-electron chi connectivity index (χ2n) is 6.74. The van der Waals surface area contributed by atoms with E-state index in [-0.39, 0.29) is 5.92 Å². The third-order valence-electron chi connectivity index (χ3n) is 4.01. The highest BCUT2D eigenvalue weighted by Gasteiger charge is 2.17. The third kappa shape index (κ3) is 4.30. The van der Waals surface area contributed by atoms with E-state index in [4.69, 9.17) is 0 Å². The van der Waals surface area contributed by atoms with E-state index in [9.17, 15) is 9.59 Å². The van der Waals surface area contributed by atoms with Gasteiger partial charge in [-0.3, -0.25) is 14.3 Å². The van der Waals surface area contributed by atoms with Gasteiger partial charge in [0.15, 0.2) is 11.2 Å². The van der Waals surface area contributed by atoms with Crippen LogP contribution < -0.4 is 16.7 Å². The number of nitrogens with zero attached hydrogens (tertiary/aromatic N) is 4. The molecule has 9 heteroatoms. The molecule has 0 amide bonds. The van der Waals surface area contributed by atoms with Crippen LogP contribution in [-0.4, -0.2) is 25.3 Å². The molecule has 3 rings (SSSR count). The Morgan fingerprint density at radius 2 is 2.04 bits per heavy atom. The Balaban J connectivity index is 1.95. The van der Waals surface area contributed by atoms with E-state index in [1.165, 1.54) is 4.57 Å². The van der Waals surface area contributed by atoms with Gasteiger partial charge in [-0.15, -0.1) is 0 Å². The molecule has 2 N–H and O–H groups in total. The minimum atomic E-state index is -0.504. The summed E-state index contributed by atoms with van der Waals surface area (Å²) < 4.78 is 3.82. The van der Waals surface area contributed by atoms with Gasteiger partial charge in [-0.05, 0) is 33.5 Å². The number of imidazole rings is 1. The first-order valence-electron chi connectivity index (χ1n) is 8.77. The maximum Gasteiger partial charge on any atom is 0.329 e. The Hall–Kier alpha value is -2.94. The first-order chi connectivity index (χ1) is 13.4. The molecule has 3 aromatic rings. The number of fused-ring (bicyclic) bond motifs is 1. The van der Waals surface area contributed by atoms with E-state index in [2.05, 4.69) is 36.4 Å². The molecule has 0 fully saturated rings. The molecule has 0 unspecified atom stereocenters. The molecule has 28 heavy (non-hydrogen) atoms. The van der Waals surface area contributed by atoms with Crippen molar-refractivity contribution < 1.29 is 0 Å². The highest BCUT2D eigenvalue weighted by atomic mass is 79.9. The minimum absolute atomic E-state index is 0.267. The standard InChI is InChI=1S/C19H21BrN6O2/c1-12(2)11-26-15-16(25(3)19(28)23-17(15)27)22-18(26)24-21-10-14(20)9-13-7-5-4-6-8-13/h4-10,12H,11H2,1-3H3,(H,22,24)(H,23,27,28)/b14-9+,21-10+. The number of rotatable bonds is 6. The molecule has 1 aromatic carbocycles. The normalized spacial score (nSPS) is 12.4. The van der Waals surface area contributed by atoms with Crippen molar-refractivity contribution in [2.45, 2.75) is 20.4 Å². The van der Waals surface area contributed by atoms with Crippen molar-refractivity contribution in [2.75, 3.05) is 5.43 Å². The van der Waals surface area contributed by atoms with E-state index in [1.807, 2.05) is 50.3 Å². The molecule has 0 aliphatic rings. The molecule has 2 heterocycles. The summed E-state index contributed by atoms with van der Waals surface area (Å²) in [4.78, 5) is 30.9. The Morgan fingerprint density at radius 1 is 1.32 bits per heavy atom. The van der Waals surface area contributed by atoms with E-state index >= 15 is 0 Å². The van der Waals surface area contributed by atoms with Crippen LogP contribution in [0.4, 0.5) is 5.95 Å². The first kappa shape index (κ1) is 19.8. The van der Waals surface area contributed by atoms with Gasteiger partial charge in [0.2, 0.25) is 5.95 Å². The number of aromatic amines is 1. The fourth-order valence-corrected chi connectivity index (χ4v) is 3.13.